The lowest BCUT2D eigenvalue weighted by Crippen LogP contribution is -2.51. The van der Waals surface area contributed by atoms with E-state index in [1.54, 1.807) is 29.5 Å². The molecule has 2 saturated heterocycles. The number of aromatic nitrogens is 5. The number of thiazole rings is 1. The summed E-state index contributed by atoms with van der Waals surface area (Å²) in [4.78, 5) is 37.1. The van der Waals surface area contributed by atoms with Gasteiger partial charge in [0.1, 0.15) is 5.75 Å². The van der Waals surface area contributed by atoms with Gasteiger partial charge in [-0.05, 0) is 86.6 Å². The largest absolute Gasteiger partial charge is 0.507 e. The van der Waals surface area contributed by atoms with Gasteiger partial charge < -0.3 is 36.2 Å². The van der Waals surface area contributed by atoms with Gasteiger partial charge in [0.05, 0.1) is 65.5 Å². The van der Waals surface area contributed by atoms with E-state index in [9.17, 15) is 19.8 Å². The average Bonchev–Trinajstić information content (AvgIpc) is 4.06. The lowest BCUT2D eigenvalue weighted by atomic mass is 9.82. The smallest absolute Gasteiger partial charge is 0.237 e. The molecule has 8 rings (SSSR count). The molecule has 340 valence electrons. The highest BCUT2D eigenvalue weighted by atomic mass is 32.1. The number of carbonyl (C=O) groups is 2. The summed E-state index contributed by atoms with van der Waals surface area (Å²) >= 11 is 1.61. The summed E-state index contributed by atoms with van der Waals surface area (Å²) in [7, 11) is 0. The number of hydrogen-bond acceptors (Lipinski definition) is 13. The first-order chi connectivity index (χ1) is 30.8. The molecule has 1 saturated carbocycles. The van der Waals surface area contributed by atoms with Crippen LogP contribution in [0.5, 0.6) is 5.75 Å². The Morgan fingerprint density at radius 1 is 0.953 bits per heavy atom. The number of nitrogens with two attached hydrogens (primary N) is 1. The predicted octanol–water partition coefficient (Wildman–Crippen LogP) is 6.18. The van der Waals surface area contributed by atoms with Crippen LogP contribution in [0.15, 0.2) is 72.5 Å². The number of rotatable bonds is 14. The van der Waals surface area contributed by atoms with Gasteiger partial charge in [0.15, 0.2) is 5.82 Å². The number of anilines is 1. The summed E-state index contributed by atoms with van der Waals surface area (Å²) < 4.78 is 8.26. The molecule has 5 heterocycles. The quantitative estimate of drug-likeness (QED) is 0.0851. The van der Waals surface area contributed by atoms with E-state index in [0.717, 1.165) is 84.4 Å². The highest BCUT2D eigenvalue weighted by molar-refractivity contribution is 7.13. The molecule has 0 unspecified atom stereocenters. The number of carbonyl (C=O) groups excluding carboxylic acids is 2. The van der Waals surface area contributed by atoms with E-state index in [-0.39, 0.29) is 47.7 Å². The summed E-state index contributed by atoms with van der Waals surface area (Å²) in [5.41, 5.74) is 13.7. The number of phenols is 1. The fraction of sp³-hybridized carbons (Fsp3) is 0.500. The van der Waals surface area contributed by atoms with Crippen LogP contribution in [0.2, 0.25) is 0 Å². The molecule has 1 aliphatic carbocycles. The van der Waals surface area contributed by atoms with E-state index in [2.05, 4.69) is 63.6 Å². The van der Waals surface area contributed by atoms with Crippen molar-refractivity contribution in [2.24, 2.45) is 11.3 Å². The maximum atomic E-state index is 13.7. The average molecular weight is 891 g/mol. The van der Waals surface area contributed by atoms with Crippen molar-refractivity contribution in [3.8, 4) is 38.6 Å². The maximum absolute atomic E-state index is 13.7. The molecule has 2 aliphatic heterocycles. The van der Waals surface area contributed by atoms with Crippen molar-refractivity contribution >= 4 is 29.0 Å². The van der Waals surface area contributed by atoms with Gasteiger partial charge >= 0.3 is 0 Å². The van der Waals surface area contributed by atoms with Crippen LogP contribution in [0.25, 0.3) is 32.8 Å². The first-order valence-corrected chi connectivity index (χ1v) is 23.5. The van der Waals surface area contributed by atoms with Gasteiger partial charge in [0, 0.05) is 61.0 Å². The standard InChI is InChI=1S/C48H62N10O5S/c1-30-44(64-28-51-30)32-11-9-31(10-12-32)23-50-47(62)41-21-37(59)26-57(41)29-63-27-43(48(2,3)4)53-46(61)33-13-15-35(16-14-33)56-19-17-36(18-20-56)58-25-34(24-52-58)39-22-40(54-55-45(39)49)38-7-5-6-8-42(38)60/h5-12,22,24-25,28,33,35-37,41,43,59-60H,13-21,23,26-27,29H2,1-4H3,(H2,49,55)(H,50,62)(H,53,61)/t33?,35?,37-,41+,43-/m1/s1. The Balaban J connectivity index is 0.771. The number of ether oxygens (including phenoxy) is 1. The van der Waals surface area contributed by atoms with Crippen LogP contribution >= 0.6 is 11.3 Å². The van der Waals surface area contributed by atoms with Crippen molar-refractivity contribution in [1.29, 1.82) is 0 Å². The summed E-state index contributed by atoms with van der Waals surface area (Å²) in [6.07, 6.45) is 9.20. The molecule has 2 aromatic carbocycles. The number of benzene rings is 2. The monoisotopic (exact) mass is 890 g/mol. The predicted molar refractivity (Wildman–Crippen MR) is 248 cm³/mol. The number of aliphatic hydroxyl groups excluding tert-OH is 1. The molecule has 0 radical (unpaired) electrons. The Bertz CT molecular complexity index is 2360. The van der Waals surface area contributed by atoms with E-state index in [4.69, 9.17) is 15.6 Å². The SMILES string of the molecule is Cc1ncsc1-c1ccc(CNC(=O)[C@@H]2C[C@@H](O)CN2COC[C@@H](NC(=O)C2CCC(N3CCC(n4cc(-c5cc(-c6ccccc6O)nnc5N)cn4)CC3)CC2)C(C)(C)C)cc1. The van der Waals surface area contributed by atoms with Gasteiger partial charge in [-0.15, -0.1) is 21.5 Å². The molecule has 0 bridgehead atoms. The van der Waals surface area contributed by atoms with Gasteiger partial charge in [-0.3, -0.25) is 19.2 Å². The number of nitrogen functional groups attached to an aromatic ring is 1. The number of β-amino-alcohol motifs (C(OH)–C–C–N with tert-alkyl or cyclic N) is 1. The highest BCUT2D eigenvalue weighted by Gasteiger charge is 2.38. The number of aromatic hydroxyl groups is 1. The minimum Gasteiger partial charge on any atom is -0.507 e. The van der Waals surface area contributed by atoms with Crippen LogP contribution in [0.1, 0.15) is 83.0 Å². The Morgan fingerprint density at radius 3 is 2.41 bits per heavy atom. The number of likely N-dealkylation sites (tertiary alicyclic amines) is 2. The number of aryl methyl sites for hydroxylation is 1. The lowest BCUT2D eigenvalue weighted by molar-refractivity contribution is -0.129. The zero-order valence-corrected chi connectivity index (χ0v) is 38.1. The van der Waals surface area contributed by atoms with Gasteiger partial charge in [0.25, 0.3) is 0 Å². The second kappa shape index (κ2) is 19.9. The van der Waals surface area contributed by atoms with E-state index in [1.165, 1.54) is 0 Å². The molecule has 15 nitrogen and oxygen atoms in total. The fourth-order valence-electron chi connectivity index (χ4n) is 9.39. The minimum atomic E-state index is -0.616. The van der Waals surface area contributed by atoms with Crippen molar-refractivity contribution in [3.05, 3.63) is 83.8 Å². The van der Waals surface area contributed by atoms with Crippen LogP contribution < -0.4 is 16.4 Å². The number of nitrogens with one attached hydrogen (secondary N) is 2. The number of para-hydroxylation sites is 1. The van der Waals surface area contributed by atoms with Crippen molar-refractivity contribution < 1.29 is 24.5 Å². The number of nitrogens with zero attached hydrogens (tertiary/aromatic N) is 7. The maximum Gasteiger partial charge on any atom is 0.237 e. The van der Waals surface area contributed by atoms with E-state index in [0.29, 0.717) is 49.2 Å². The molecular formula is C48H62N10O5S. The number of hydrogen-bond donors (Lipinski definition) is 5. The Kier molecular flexibility index (Phi) is 14.1. The Hall–Kier alpha value is -5.26. The molecule has 16 heteroatoms. The van der Waals surface area contributed by atoms with Gasteiger partial charge in [-0.2, -0.15) is 5.10 Å². The molecule has 2 amide bonds. The van der Waals surface area contributed by atoms with Crippen molar-refractivity contribution in [3.63, 3.8) is 0 Å². The van der Waals surface area contributed by atoms with Crippen LogP contribution in [-0.2, 0) is 20.9 Å². The Labute approximate surface area is 379 Å². The number of piperidine rings is 1. The first kappa shape index (κ1) is 45.3. The lowest BCUT2D eigenvalue weighted by Gasteiger charge is -2.41. The second-order valence-corrected chi connectivity index (χ2v) is 19.7. The second-order valence-electron chi connectivity index (χ2n) is 18.8. The third-order valence-electron chi connectivity index (χ3n) is 13.4. The highest BCUT2D eigenvalue weighted by Crippen LogP contribution is 2.35. The summed E-state index contributed by atoms with van der Waals surface area (Å²) in [5.74, 6) is 0.347. The fourth-order valence-corrected chi connectivity index (χ4v) is 10.2. The van der Waals surface area contributed by atoms with E-state index >= 15 is 0 Å². The third kappa shape index (κ3) is 10.6. The molecule has 64 heavy (non-hydrogen) atoms. The van der Waals surface area contributed by atoms with Crippen LogP contribution in [0.3, 0.4) is 0 Å². The van der Waals surface area contributed by atoms with Crippen LogP contribution in [0.4, 0.5) is 5.82 Å². The summed E-state index contributed by atoms with van der Waals surface area (Å²) in [6.45, 7) is 11.5. The molecule has 0 spiro atoms. The molecule has 3 fully saturated rings. The molecule has 6 N–H and O–H groups in total. The zero-order chi connectivity index (χ0) is 45.0. The van der Waals surface area contributed by atoms with Gasteiger partial charge in [-0.1, -0.05) is 57.2 Å². The topological polar surface area (TPSA) is 197 Å². The first-order valence-electron chi connectivity index (χ1n) is 22.6. The normalized spacial score (nSPS) is 21.8. The van der Waals surface area contributed by atoms with E-state index in [1.807, 2.05) is 58.7 Å². The van der Waals surface area contributed by atoms with Crippen LogP contribution in [-0.4, -0.2) is 114 Å². The Morgan fingerprint density at radius 2 is 1.70 bits per heavy atom. The van der Waals surface area contributed by atoms with Crippen molar-refractivity contribution in [2.75, 3.05) is 38.7 Å². The van der Waals surface area contributed by atoms with E-state index < -0.39 is 12.1 Å². The molecule has 3 atom stereocenters. The molecule has 5 aromatic rings. The minimum absolute atomic E-state index is 0.0440. The van der Waals surface area contributed by atoms with Crippen LogP contribution in [0, 0.1) is 18.3 Å². The van der Waals surface area contributed by atoms with Crippen molar-refractivity contribution in [2.45, 2.75) is 109 Å². The van der Waals surface area contributed by atoms with Crippen molar-refractivity contribution in [1.82, 2.24) is 45.4 Å². The molecule has 3 aliphatic rings. The molecular weight excluding hydrogens is 829 g/mol. The number of aliphatic hydroxyl groups is 1. The van der Waals surface area contributed by atoms with Gasteiger partial charge in [0.2, 0.25) is 11.8 Å². The summed E-state index contributed by atoms with van der Waals surface area (Å²) in [5, 5.41) is 40.4. The molecule has 3 aromatic heterocycles. The third-order valence-corrected chi connectivity index (χ3v) is 14.4. The number of amides is 2. The zero-order valence-electron chi connectivity index (χ0n) is 37.3. The summed E-state index contributed by atoms with van der Waals surface area (Å²) in [6, 6.07) is 17.0. The number of phenolic OH excluding ortho intramolecular Hbond substituents is 1. The van der Waals surface area contributed by atoms with Gasteiger partial charge in [-0.25, -0.2) is 4.98 Å².